The molecule has 144 valence electrons. The number of carbonyl (C=O) groups excluding carboxylic acids is 1. The topological polar surface area (TPSA) is 94.7 Å². The van der Waals surface area contributed by atoms with Gasteiger partial charge in [-0.25, -0.2) is 13.9 Å². The second-order valence-corrected chi connectivity index (χ2v) is 6.76. The Morgan fingerprint density at radius 1 is 1.25 bits per heavy atom. The van der Waals surface area contributed by atoms with Crippen LogP contribution in [-0.2, 0) is 19.5 Å². The van der Waals surface area contributed by atoms with Gasteiger partial charge in [0.05, 0.1) is 18.3 Å². The molecule has 1 aliphatic rings. The molecule has 1 aliphatic heterocycles. The largest absolute Gasteiger partial charge is 0.349 e. The lowest BCUT2D eigenvalue weighted by atomic mass is 10.1. The van der Waals surface area contributed by atoms with Gasteiger partial charge in [0.15, 0.2) is 0 Å². The van der Waals surface area contributed by atoms with Gasteiger partial charge in [0.25, 0.3) is 5.91 Å². The van der Waals surface area contributed by atoms with Crippen LogP contribution in [0.4, 0.5) is 4.39 Å². The second kappa shape index (κ2) is 7.71. The summed E-state index contributed by atoms with van der Waals surface area (Å²) in [6, 6.07) is 4.75. The fourth-order valence-electron chi connectivity index (χ4n) is 3.34. The number of fused-ring (bicyclic) bond motifs is 1. The third-order valence-corrected chi connectivity index (χ3v) is 4.77. The summed E-state index contributed by atoms with van der Waals surface area (Å²) in [4.78, 5) is 32.7. The number of halogens is 1. The van der Waals surface area contributed by atoms with Crippen molar-refractivity contribution in [3.63, 3.8) is 0 Å². The van der Waals surface area contributed by atoms with E-state index in [4.69, 9.17) is 0 Å². The number of hydrogen-bond acceptors (Lipinski definition) is 5. The highest BCUT2D eigenvalue weighted by Crippen LogP contribution is 2.13. The molecule has 1 unspecified atom stereocenters. The average molecular weight is 382 g/mol. The van der Waals surface area contributed by atoms with Crippen molar-refractivity contribution < 1.29 is 9.18 Å². The number of rotatable bonds is 4. The lowest BCUT2D eigenvalue weighted by Gasteiger charge is -2.16. The van der Waals surface area contributed by atoms with Gasteiger partial charge in [-0.2, -0.15) is 5.10 Å². The van der Waals surface area contributed by atoms with Gasteiger partial charge in [-0.3, -0.25) is 19.3 Å². The molecule has 0 fully saturated rings. The SMILES string of the molecule is O=C(NC1CCc2nn(Cc3cccnc3)c(=O)n2CC1)c1cncc(F)c1. The van der Waals surface area contributed by atoms with Gasteiger partial charge in [-0.05, 0) is 30.5 Å². The maximum Gasteiger partial charge on any atom is 0.346 e. The Morgan fingerprint density at radius 3 is 2.93 bits per heavy atom. The summed E-state index contributed by atoms with van der Waals surface area (Å²) >= 11 is 0. The van der Waals surface area contributed by atoms with E-state index in [-0.39, 0.29) is 23.2 Å². The maximum atomic E-state index is 13.3. The summed E-state index contributed by atoms with van der Waals surface area (Å²) in [7, 11) is 0. The molecule has 4 heterocycles. The molecule has 0 saturated heterocycles. The number of amides is 1. The molecular formula is C19H19FN6O2. The minimum absolute atomic E-state index is 0.122. The van der Waals surface area contributed by atoms with Crippen molar-refractivity contribution in [1.29, 1.82) is 0 Å². The van der Waals surface area contributed by atoms with Crippen LogP contribution in [0.3, 0.4) is 0 Å². The molecule has 4 rings (SSSR count). The van der Waals surface area contributed by atoms with Crippen molar-refractivity contribution in [3.8, 4) is 0 Å². The quantitative estimate of drug-likeness (QED) is 0.731. The van der Waals surface area contributed by atoms with Crippen LogP contribution in [0.5, 0.6) is 0 Å². The van der Waals surface area contributed by atoms with Crippen molar-refractivity contribution in [2.75, 3.05) is 0 Å². The number of nitrogens with one attached hydrogen (secondary N) is 1. The van der Waals surface area contributed by atoms with Crippen molar-refractivity contribution in [3.05, 3.63) is 76.2 Å². The van der Waals surface area contributed by atoms with Crippen LogP contribution in [0, 0.1) is 5.82 Å². The number of hydrogen-bond donors (Lipinski definition) is 1. The van der Waals surface area contributed by atoms with Gasteiger partial charge < -0.3 is 5.32 Å². The smallest absolute Gasteiger partial charge is 0.346 e. The molecular weight excluding hydrogens is 363 g/mol. The van der Waals surface area contributed by atoms with Crippen molar-refractivity contribution in [2.45, 2.75) is 38.4 Å². The predicted octanol–water partition coefficient (Wildman–Crippen LogP) is 1.16. The van der Waals surface area contributed by atoms with Gasteiger partial charge in [-0.15, -0.1) is 0 Å². The lowest BCUT2D eigenvalue weighted by molar-refractivity contribution is 0.0932. The van der Waals surface area contributed by atoms with E-state index in [9.17, 15) is 14.0 Å². The first-order valence-corrected chi connectivity index (χ1v) is 9.07. The van der Waals surface area contributed by atoms with Crippen molar-refractivity contribution in [1.82, 2.24) is 29.6 Å². The molecule has 0 aliphatic carbocycles. The van der Waals surface area contributed by atoms with Crippen LogP contribution in [-0.4, -0.2) is 36.3 Å². The van der Waals surface area contributed by atoms with Crippen LogP contribution in [0.25, 0.3) is 0 Å². The van der Waals surface area contributed by atoms with E-state index in [0.29, 0.717) is 38.2 Å². The molecule has 0 aromatic carbocycles. The number of carbonyl (C=O) groups is 1. The molecule has 9 heteroatoms. The molecule has 0 radical (unpaired) electrons. The molecule has 3 aromatic heterocycles. The summed E-state index contributed by atoms with van der Waals surface area (Å²) in [6.07, 6.45) is 7.60. The van der Waals surface area contributed by atoms with E-state index in [1.54, 1.807) is 17.0 Å². The van der Waals surface area contributed by atoms with E-state index < -0.39 is 5.82 Å². The maximum absolute atomic E-state index is 13.3. The first-order chi connectivity index (χ1) is 13.6. The molecule has 1 amide bonds. The minimum Gasteiger partial charge on any atom is -0.349 e. The zero-order chi connectivity index (χ0) is 19.5. The van der Waals surface area contributed by atoms with Gasteiger partial charge in [0, 0.05) is 37.6 Å². The Kier molecular flexibility index (Phi) is 4.96. The Morgan fingerprint density at radius 2 is 2.14 bits per heavy atom. The molecule has 0 spiro atoms. The Labute approximate surface area is 160 Å². The summed E-state index contributed by atoms with van der Waals surface area (Å²) < 4.78 is 16.4. The number of aromatic nitrogens is 5. The Hall–Kier alpha value is -3.36. The molecule has 3 aromatic rings. The van der Waals surface area contributed by atoms with Gasteiger partial charge in [0.2, 0.25) is 0 Å². The third kappa shape index (κ3) is 3.83. The lowest BCUT2D eigenvalue weighted by Crippen LogP contribution is -2.36. The zero-order valence-electron chi connectivity index (χ0n) is 15.1. The van der Waals surface area contributed by atoms with Gasteiger partial charge in [-0.1, -0.05) is 6.07 Å². The van der Waals surface area contributed by atoms with Crippen molar-refractivity contribution >= 4 is 5.91 Å². The van der Waals surface area contributed by atoms with Gasteiger partial charge in [0.1, 0.15) is 11.6 Å². The summed E-state index contributed by atoms with van der Waals surface area (Å²) in [6.45, 7) is 0.840. The fourth-order valence-corrected chi connectivity index (χ4v) is 3.34. The average Bonchev–Trinajstić information content (AvgIpc) is 2.86. The molecule has 1 N–H and O–H groups in total. The van der Waals surface area contributed by atoms with E-state index in [1.165, 1.54) is 10.9 Å². The van der Waals surface area contributed by atoms with Crippen LogP contribution in [0.1, 0.15) is 34.6 Å². The molecule has 0 saturated carbocycles. The van der Waals surface area contributed by atoms with Crippen LogP contribution >= 0.6 is 0 Å². The molecule has 8 nitrogen and oxygen atoms in total. The van der Waals surface area contributed by atoms with E-state index in [0.717, 1.165) is 17.8 Å². The van der Waals surface area contributed by atoms with Crippen LogP contribution in [0.2, 0.25) is 0 Å². The summed E-state index contributed by atoms with van der Waals surface area (Å²) in [5.74, 6) is -0.216. The first kappa shape index (κ1) is 18.0. The standard InChI is InChI=1S/C19H19FN6O2/c20-15-8-14(10-22-11-15)18(27)23-16-3-4-17-24-26(19(28)25(17)7-5-16)12-13-2-1-6-21-9-13/h1-2,6,8-11,16H,3-5,7,12H2,(H,23,27). The summed E-state index contributed by atoms with van der Waals surface area (Å²) in [5.41, 5.74) is 0.924. The van der Waals surface area contributed by atoms with E-state index >= 15 is 0 Å². The molecule has 1 atom stereocenters. The summed E-state index contributed by atoms with van der Waals surface area (Å²) in [5, 5.41) is 7.35. The Balaban J connectivity index is 1.43. The highest BCUT2D eigenvalue weighted by atomic mass is 19.1. The highest BCUT2D eigenvalue weighted by molar-refractivity contribution is 5.94. The monoisotopic (exact) mass is 382 g/mol. The van der Waals surface area contributed by atoms with E-state index in [1.807, 2.05) is 12.1 Å². The predicted molar refractivity (Wildman–Crippen MR) is 98.2 cm³/mol. The first-order valence-electron chi connectivity index (χ1n) is 9.07. The number of nitrogens with zero attached hydrogens (tertiary/aromatic N) is 5. The highest BCUT2D eigenvalue weighted by Gasteiger charge is 2.22. The Bertz CT molecular complexity index is 1050. The second-order valence-electron chi connectivity index (χ2n) is 6.76. The van der Waals surface area contributed by atoms with E-state index in [2.05, 4.69) is 20.4 Å². The number of pyridine rings is 2. The van der Waals surface area contributed by atoms with Crippen molar-refractivity contribution in [2.24, 2.45) is 0 Å². The normalized spacial score (nSPS) is 16.2. The fraction of sp³-hybridized carbons (Fsp3) is 0.316. The molecule has 0 bridgehead atoms. The minimum atomic E-state index is -0.553. The third-order valence-electron chi connectivity index (χ3n) is 4.77. The molecule has 28 heavy (non-hydrogen) atoms. The number of aryl methyl sites for hydroxylation is 1. The van der Waals surface area contributed by atoms with Crippen LogP contribution < -0.4 is 11.0 Å². The van der Waals surface area contributed by atoms with Gasteiger partial charge >= 0.3 is 5.69 Å². The zero-order valence-corrected chi connectivity index (χ0v) is 15.1. The van der Waals surface area contributed by atoms with Crippen LogP contribution in [0.15, 0.2) is 47.8 Å².